The predicted molar refractivity (Wildman–Crippen MR) is 109 cm³/mol. The van der Waals surface area contributed by atoms with Crippen LogP contribution >= 0.6 is 11.6 Å². The smallest absolute Gasteiger partial charge is 0.276 e. The van der Waals surface area contributed by atoms with Crippen molar-refractivity contribution in [2.75, 3.05) is 5.32 Å². The molecule has 0 bridgehead atoms. The van der Waals surface area contributed by atoms with Gasteiger partial charge in [-0.2, -0.15) is 5.10 Å². The monoisotopic (exact) mass is 397 g/mol. The molecule has 1 heterocycles. The standard InChI is InChI=1S/C21H20ClN3O3/c1-2-3-14-25-20(26)13-12-17(24-25)21(27)23-16-9-5-7-11-19(16)28-18-10-6-4-8-15(18)22/h4-13H,2-3,14H2,1H3,(H,23,27). The number of anilines is 1. The third kappa shape index (κ3) is 4.78. The van der Waals surface area contributed by atoms with Crippen LogP contribution in [0.15, 0.2) is 65.5 Å². The summed E-state index contributed by atoms with van der Waals surface area (Å²) in [6, 6.07) is 16.9. The highest BCUT2D eigenvalue weighted by Gasteiger charge is 2.14. The number of halogens is 1. The van der Waals surface area contributed by atoms with Crippen LogP contribution in [0.4, 0.5) is 5.69 Å². The van der Waals surface area contributed by atoms with Crippen molar-refractivity contribution in [1.82, 2.24) is 9.78 Å². The third-order valence-electron chi connectivity index (χ3n) is 4.01. The molecule has 0 fully saturated rings. The van der Waals surface area contributed by atoms with Crippen molar-refractivity contribution >= 4 is 23.2 Å². The van der Waals surface area contributed by atoms with E-state index in [1.54, 1.807) is 36.4 Å². The molecule has 0 unspecified atom stereocenters. The number of hydrogen-bond donors (Lipinski definition) is 1. The Labute approximate surface area is 167 Å². The molecule has 28 heavy (non-hydrogen) atoms. The molecule has 0 saturated carbocycles. The zero-order chi connectivity index (χ0) is 19.9. The number of carbonyl (C=O) groups excluding carboxylic acids is 1. The summed E-state index contributed by atoms with van der Waals surface area (Å²) in [7, 11) is 0. The molecule has 0 atom stereocenters. The summed E-state index contributed by atoms with van der Waals surface area (Å²) in [6.07, 6.45) is 1.74. The van der Waals surface area contributed by atoms with Crippen LogP contribution in [0.3, 0.4) is 0 Å². The van der Waals surface area contributed by atoms with E-state index in [-0.39, 0.29) is 11.3 Å². The van der Waals surface area contributed by atoms with Gasteiger partial charge in [-0.05, 0) is 36.8 Å². The van der Waals surface area contributed by atoms with Crippen LogP contribution in [0, 0.1) is 0 Å². The summed E-state index contributed by atoms with van der Waals surface area (Å²) >= 11 is 6.15. The molecule has 7 heteroatoms. The summed E-state index contributed by atoms with van der Waals surface area (Å²) in [5.74, 6) is 0.501. The topological polar surface area (TPSA) is 73.2 Å². The highest BCUT2D eigenvalue weighted by Crippen LogP contribution is 2.33. The lowest BCUT2D eigenvalue weighted by Crippen LogP contribution is -2.26. The number of carbonyl (C=O) groups is 1. The Morgan fingerprint density at radius 2 is 1.79 bits per heavy atom. The number of para-hydroxylation sites is 3. The first-order valence-corrected chi connectivity index (χ1v) is 9.37. The van der Waals surface area contributed by atoms with E-state index in [1.807, 2.05) is 19.1 Å². The van der Waals surface area contributed by atoms with Crippen molar-refractivity contribution < 1.29 is 9.53 Å². The molecule has 0 saturated heterocycles. The Morgan fingerprint density at radius 1 is 1.07 bits per heavy atom. The Morgan fingerprint density at radius 3 is 2.54 bits per heavy atom. The number of nitrogens with zero attached hydrogens (tertiary/aromatic N) is 2. The second kappa shape index (κ2) is 9.19. The fraction of sp³-hybridized carbons (Fsp3) is 0.190. The van der Waals surface area contributed by atoms with Crippen molar-refractivity contribution in [3.8, 4) is 11.5 Å². The van der Waals surface area contributed by atoms with E-state index in [2.05, 4.69) is 10.4 Å². The van der Waals surface area contributed by atoms with E-state index in [9.17, 15) is 9.59 Å². The van der Waals surface area contributed by atoms with Gasteiger partial charge in [-0.15, -0.1) is 0 Å². The van der Waals surface area contributed by atoms with Gasteiger partial charge in [0.05, 0.1) is 10.7 Å². The molecule has 0 spiro atoms. The number of unbranched alkanes of at least 4 members (excludes halogenated alkanes) is 1. The molecular weight excluding hydrogens is 378 g/mol. The minimum atomic E-state index is -0.430. The summed E-state index contributed by atoms with van der Waals surface area (Å²) in [5, 5.41) is 7.41. The molecule has 2 aromatic carbocycles. The van der Waals surface area contributed by atoms with E-state index in [0.29, 0.717) is 28.8 Å². The number of amides is 1. The first-order valence-electron chi connectivity index (χ1n) is 8.99. The number of rotatable bonds is 7. The number of ether oxygens (including phenoxy) is 1. The number of hydrogen-bond acceptors (Lipinski definition) is 4. The number of aromatic nitrogens is 2. The van der Waals surface area contributed by atoms with Gasteiger partial charge in [0.1, 0.15) is 11.4 Å². The van der Waals surface area contributed by atoms with Gasteiger partial charge in [-0.25, -0.2) is 4.68 Å². The molecule has 0 aliphatic carbocycles. The Balaban J connectivity index is 1.81. The van der Waals surface area contributed by atoms with Crippen LogP contribution in [-0.2, 0) is 6.54 Å². The lowest BCUT2D eigenvalue weighted by atomic mass is 10.2. The minimum absolute atomic E-state index is 0.156. The van der Waals surface area contributed by atoms with Gasteiger partial charge in [0, 0.05) is 12.6 Å². The molecular formula is C21H20ClN3O3. The zero-order valence-corrected chi connectivity index (χ0v) is 16.1. The normalized spacial score (nSPS) is 10.5. The van der Waals surface area contributed by atoms with Crippen LogP contribution < -0.4 is 15.6 Å². The average molecular weight is 398 g/mol. The van der Waals surface area contributed by atoms with Gasteiger partial charge < -0.3 is 10.1 Å². The van der Waals surface area contributed by atoms with E-state index < -0.39 is 5.91 Å². The van der Waals surface area contributed by atoms with Crippen molar-refractivity contribution in [1.29, 1.82) is 0 Å². The van der Waals surface area contributed by atoms with Crippen molar-refractivity contribution in [2.45, 2.75) is 26.3 Å². The van der Waals surface area contributed by atoms with E-state index in [1.165, 1.54) is 16.8 Å². The molecule has 1 aromatic heterocycles. The van der Waals surface area contributed by atoms with Crippen molar-refractivity contribution in [2.24, 2.45) is 0 Å². The molecule has 0 aliphatic rings. The molecule has 1 N–H and O–H groups in total. The molecule has 6 nitrogen and oxygen atoms in total. The fourth-order valence-electron chi connectivity index (χ4n) is 2.53. The van der Waals surface area contributed by atoms with Gasteiger partial charge in [0.2, 0.25) is 0 Å². The lowest BCUT2D eigenvalue weighted by Gasteiger charge is -2.13. The summed E-state index contributed by atoms with van der Waals surface area (Å²) in [4.78, 5) is 24.5. The highest BCUT2D eigenvalue weighted by atomic mass is 35.5. The first-order chi connectivity index (χ1) is 13.6. The maximum Gasteiger partial charge on any atom is 0.276 e. The van der Waals surface area contributed by atoms with Gasteiger partial charge in [-0.3, -0.25) is 9.59 Å². The van der Waals surface area contributed by atoms with E-state index in [4.69, 9.17) is 16.3 Å². The van der Waals surface area contributed by atoms with Gasteiger partial charge in [0.25, 0.3) is 11.5 Å². The third-order valence-corrected chi connectivity index (χ3v) is 4.33. The second-order valence-electron chi connectivity index (χ2n) is 6.12. The SMILES string of the molecule is CCCCn1nc(C(=O)Nc2ccccc2Oc2ccccc2Cl)ccc1=O. The highest BCUT2D eigenvalue weighted by molar-refractivity contribution is 6.32. The molecule has 3 rings (SSSR count). The summed E-state index contributed by atoms with van der Waals surface area (Å²) in [6.45, 7) is 2.50. The Kier molecular flexibility index (Phi) is 6.45. The van der Waals surface area contributed by atoms with Crippen LogP contribution in [-0.4, -0.2) is 15.7 Å². The molecule has 3 aromatic rings. The first kappa shape index (κ1) is 19.6. The fourth-order valence-corrected chi connectivity index (χ4v) is 2.70. The molecule has 0 aliphatic heterocycles. The maximum absolute atomic E-state index is 12.7. The van der Waals surface area contributed by atoms with Gasteiger partial charge >= 0.3 is 0 Å². The zero-order valence-electron chi connectivity index (χ0n) is 15.4. The molecule has 0 radical (unpaired) electrons. The number of nitrogens with one attached hydrogen (secondary N) is 1. The minimum Gasteiger partial charge on any atom is -0.454 e. The van der Waals surface area contributed by atoms with Crippen molar-refractivity contribution in [3.05, 3.63) is 81.7 Å². The maximum atomic E-state index is 12.7. The quantitative estimate of drug-likeness (QED) is 0.624. The number of benzene rings is 2. The van der Waals surface area contributed by atoms with Crippen LogP contribution in [0.5, 0.6) is 11.5 Å². The van der Waals surface area contributed by atoms with Crippen LogP contribution in [0.2, 0.25) is 5.02 Å². The van der Waals surface area contributed by atoms with Crippen LogP contribution in [0.25, 0.3) is 0 Å². The van der Waals surface area contributed by atoms with Crippen LogP contribution in [0.1, 0.15) is 30.3 Å². The Hall–Kier alpha value is -3.12. The molecule has 144 valence electrons. The summed E-state index contributed by atoms with van der Waals surface area (Å²) < 4.78 is 7.16. The van der Waals surface area contributed by atoms with Crippen molar-refractivity contribution in [3.63, 3.8) is 0 Å². The van der Waals surface area contributed by atoms with Gasteiger partial charge in [-0.1, -0.05) is 49.2 Å². The van der Waals surface area contributed by atoms with E-state index in [0.717, 1.165) is 12.8 Å². The predicted octanol–water partition coefficient (Wildman–Crippen LogP) is 4.74. The largest absolute Gasteiger partial charge is 0.454 e. The van der Waals surface area contributed by atoms with E-state index >= 15 is 0 Å². The summed E-state index contributed by atoms with van der Waals surface area (Å²) in [5.41, 5.74) is 0.399. The second-order valence-corrected chi connectivity index (χ2v) is 6.52. The molecule has 1 amide bonds. The Bertz CT molecular complexity index is 1030. The van der Waals surface area contributed by atoms with Gasteiger partial charge in [0.15, 0.2) is 5.75 Å². The average Bonchev–Trinajstić information content (AvgIpc) is 2.70. The number of aryl methyl sites for hydroxylation is 1. The lowest BCUT2D eigenvalue weighted by molar-refractivity contribution is 0.101.